The molecule has 1 aromatic heterocycles. The van der Waals surface area contributed by atoms with E-state index >= 15 is 0 Å². The Labute approximate surface area is 145 Å². The molecule has 1 aromatic carbocycles. The van der Waals surface area contributed by atoms with Crippen LogP contribution < -0.4 is 20.5 Å². The molecule has 0 atom stereocenters. The molecule has 2 aromatic rings. The molecule has 0 aliphatic heterocycles. The Hall–Kier alpha value is -2.47. The van der Waals surface area contributed by atoms with Crippen molar-refractivity contribution in [2.24, 2.45) is 0 Å². The molecule has 3 N–H and O–H groups in total. The molecule has 0 aliphatic rings. The molecule has 0 fully saturated rings. The number of ether oxygens (including phenoxy) is 2. The van der Waals surface area contributed by atoms with Crippen LogP contribution in [0.2, 0.25) is 5.02 Å². The smallest absolute Gasteiger partial charge is 0.255 e. The van der Waals surface area contributed by atoms with Gasteiger partial charge < -0.3 is 20.5 Å². The summed E-state index contributed by atoms with van der Waals surface area (Å²) in [5, 5.41) is 3.06. The van der Waals surface area contributed by atoms with E-state index in [4.69, 9.17) is 26.8 Å². The molecule has 1 heterocycles. The number of halogens is 1. The van der Waals surface area contributed by atoms with Crippen molar-refractivity contribution in [2.45, 2.75) is 20.3 Å². The average molecular weight is 350 g/mol. The van der Waals surface area contributed by atoms with Gasteiger partial charge in [-0.1, -0.05) is 18.5 Å². The van der Waals surface area contributed by atoms with Gasteiger partial charge >= 0.3 is 0 Å². The van der Waals surface area contributed by atoms with Crippen molar-refractivity contribution in [1.82, 2.24) is 4.98 Å². The monoisotopic (exact) mass is 349 g/mol. The number of carbonyl (C=O) groups is 1. The van der Waals surface area contributed by atoms with Crippen molar-refractivity contribution in [3.63, 3.8) is 0 Å². The minimum Gasteiger partial charge on any atom is -0.490 e. The fourth-order valence-electron chi connectivity index (χ4n) is 1.99. The van der Waals surface area contributed by atoms with E-state index in [2.05, 4.69) is 10.3 Å². The van der Waals surface area contributed by atoms with Crippen LogP contribution in [0.4, 0.5) is 11.5 Å². The molecule has 0 aliphatic carbocycles. The van der Waals surface area contributed by atoms with Crippen LogP contribution >= 0.6 is 11.6 Å². The summed E-state index contributed by atoms with van der Waals surface area (Å²) < 4.78 is 11.2. The first-order chi connectivity index (χ1) is 11.5. The maximum atomic E-state index is 12.4. The first kappa shape index (κ1) is 17.9. The van der Waals surface area contributed by atoms with Gasteiger partial charge in [0.1, 0.15) is 5.82 Å². The largest absolute Gasteiger partial charge is 0.490 e. The lowest BCUT2D eigenvalue weighted by atomic mass is 10.1. The number of benzene rings is 1. The molecule has 0 radical (unpaired) electrons. The zero-order chi connectivity index (χ0) is 17.5. The number of nitrogen functional groups attached to an aromatic ring is 1. The molecular formula is C17H20ClN3O3. The van der Waals surface area contributed by atoms with Crippen molar-refractivity contribution in [3.05, 3.63) is 41.0 Å². The summed E-state index contributed by atoms with van der Waals surface area (Å²) in [5.74, 6) is 0.948. The van der Waals surface area contributed by atoms with Crippen molar-refractivity contribution in [3.8, 4) is 11.5 Å². The van der Waals surface area contributed by atoms with Crippen molar-refractivity contribution in [1.29, 1.82) is 0 Å². The number of hydrogen-bond acceptors (Lipinski definition) is 5. The van der Waals surface area contributed by atoms with Crippen LogP contribution in [0.15, 0.2) is 30.5 Å². The van der Waals surface area contributed by atoms with Gasteiger partial charge in [0.05, 0.1) is 30.1 Å². The molecule has 2 rings (SSSR count). The van der Waals surface area contributed by atoms with E-state index in [9.17, 15) is 4.79 Å². The van der Waals surface area contributed by atoms with Crippen molar-refractivity contribution >= 4 is 29.0 Å². The number of pyridine rings is 1. The molecule has 0 bridgehead atoms. The van der Waals surface area contributed by atoms with Crippen molar-refractivity contribution in [2.75, 3.05) is 24.3 Å². The van der Waals surface area contributed by atoms with E-state index in [0.29, 0.717) is 46.8 Å². The third-order valence-electron chi connectivity index (χ3n) is 3.07. The Kier molecular flexibility index (Phi) is 6.26. The summed E-state index contributed by atoms with van der Waals surface area (Å²) in [6.07, 6.45) is 2.32. The van der Waals surface area contributed by atoms with Gasteiger partial charge in [0.15, 0.2) is 11.5 Å². The fourth-order valence-corrected chi connectivity index (χ4v) is 2.25. The summed E-state index contributed by atoms with van der Waals surface area (Å²) in [4.78, 5) is 16.3. The third-order valence-corrected chi connectivity index (χ3v) is 3.35. The summed E-state index contributed by atoms with van der Waals surface area (Å²) in [6.45, 7) is 4.80. The molecule has 0 saturated heterocycles. The number of aromatic nitrogens is 1. The summed E-state index contributed by atoms with van der Waals surface area (Å²) >= 11 is 6.26. The van der Waals surface area contributed by atoms with Crippen LogP contribution in [0.25, 0.3) is 0 Å². The van der Waals surface area contributed by atoms with Gasteiger partial charge in [-0.2, -0.15) is 0 Å². The minimum absolute atomic E-state index is 0.327. The molecule has 1 amide bonds. The molecule has 6 nitrogen and oxygen atoms in total. The lowest BCUT2D eigenvalue weighted by Crippen LogP contribution is -2.13. The highest BCUT2D eigenvalue weighted by atomic mass is 35.5. The van der Waals surface area contributed by atoms with Crippen LogP contribution in [0.3, 0.4) is 0 Å². The number of carbonyl (C=O) groups excluding carboxylic acids is 1. The zero-order valence-corrected chi connectivity index (χ0v) is 14.4. The lowest BCUT2D eigenvalue weighted by molar-refractivity contribution is 0.102. The summed E-state index contributed by atoms with van der Waals surface area (Å²) in [5.41, 5.74) is 6.43. The number of hydrogen-bond donors (Lipinski definition) is 2. The van der Waals surface area contributed by atoms with Gasteiger partial charge in [0, 0.05) is 5.56 Å². The van der Waals surface area contributed by atoms with Gasteiger partial charge in [-0.05, 0) is 37.6 Å². The van der Waals surface area contributed by atoms with Gasteiger partial charge in [-0.15, -0.1) is 0 Å². The van der Waals surface area contributed by atoms with E-state index in [1.165, 1.54) is 6.20 Å². The Morgan fingerprint density at radius 1 is 1.29 bits per heavy atom. The number of anilines is 2. The zero-order valence-electron chi connectivity index (χ0n) is 13.6. The quantitative estimate of drug-likeness (QED) is 0.794. The first-order valence-corrected chi connectivity index (χ1v) is 8.05. The van der Waals surface area contributed by atoms with Crippen LogP contribution in [0.1, 0.15) is 30.6 Å². The Morgan fingerprint density at radius 2 is 2.08 bits per heavy atom. The summed E-state index contributed by atoms with van der Waals surface area (Å²) in [7, 11) is 0. The van der Waals surface area contributed by atoms with E-state index < -0.39 is 0 Å². The van der Waals surface area contributed by atoms with Crippen LogP contribution in [0, 0.1) is 0 Å². The predicted molar refractivity (Wildman–Crippen MR) is 95.0 cm³/mol. The molecule has 0 saturated carbocycles. The van der Waals surface area contributed by atoms with Gasteiger partial charge in [0.25, 0.3) is 5.91 Å². The molecule has 24 heavy (non-hydrogen) atoms. The number of nitrogens with one attached hydrogen (secondary N) is 1. The maximum absolute atomic E-state index is 12.4. The van der Waals surface area contributed by atoms with Gasteiger partial charge in [-0.3, -0.25) is 4.79 Å². The van der Waals surface area contributed by atoms with Crippen molar-refractivity contribution < 1.29 is 14.3 Å². The van der Waals surface area contributed by atoms with Crippen LogP contribution in [0.5, 0.6) is 11.5 Å². The van der Waals surface area contributed by atoms with E-state index in [1.54, 1.807) is 24.3 Å². The highest BCUT2D eigenvalue weighted by Gasteiger charge is 2.16. The Morgan fingerprint density at radius 3 is 2.71 bits per heavy atom. The number of rotatable bonds is 7. The van der Waals surface area contributed by atoms with Gasteiger partial charge in [0.2, 0.25) is 0 Å². The summed E-state index contributed by atoms with van der Waals surface area (Å²) in [6, 6.07) is 6.44. The lowest BCUT2D eigenvalue weighted by Gasteiger charge is -2.15. The molecular weight excluding hydrogens is 330 g/mol. The second-order valence-electron chi connectivity index (χ2n) is 4.99. The predicted octanol–water partition coefficient (Wildman–Crippen LogP) is 3.76. The van der Waals surface area contributed by atoms with Crippen LogP contribution in [-0.2, 0) is 0 Å². The highest BCUT2D eigenvalue weighted by Crippen LogP contribution is 2.37. The Bertz CT molecular complexity index is 705. The molecule has 128 valence electrons. The standard InChI is InChI=1S/C17H20ClN3O3/c1-3-7-24-16-13(18)8-11(9-14(16)23-4-2)17(22)21-12-5-6-15(19)20-10-12/h5-6,8-10H,3-4,7H2,1-2H3,(H2,19,20)(H,21,22). The van der Waals surface area contributed by atoms with E-state index in [-0.39, 0.29) is 5.91 Å². The number of amides is 1. The van der Waals surface area contributed by atoms with E-state index in [0.717, 1.165) is 6.42 Å². The van der Waals surface area contributed by atoms with Crippen LogP contribution in [-0.4, -0.2) is 24.1 Å². The second kappa shape index (κ2) is 8.40. The molecule has 0 unspecified atom stereocenters. The third kappa shape index (κ3) is 4.52. The number of nitrogens with two attached hydrogens (primary N) is 1. The maximum Gasteiger partial charge on any atom is 0.255 e. The minimum atomic E-state index is -0.327. The second-order valence-corrected chi connectivity index (χ2v) is 5.40. The highest BCUT2D eigenvalue weighted by molar-refractivity contribution is 6.32. The molecule has 7 heteroatoms. The van der Waals surface area contributed by atoms with E-state index in [1.807, 2.05) is 13.8 Å². The SMILES string of the molecule is CCCOc1c(Cl)cc(C(=O)Nc2ccc(N)nc2)cc1OCC. The number of nitrogens with zero attached hydrogens (tertiary/aromatic N) is 1. The fraction of sp³-hybridized carbons (Fsp3) is 0.294. The average Bonchev–Trinajstić information content (AvgIpc) is 2.56. The topological polar surface area (TPSA) is 86.5 Å². The normalized spacial score (nSPS) is 10.3. The first-order valence-electron chi connectivity index (χ1n) is 7.67. The molecule has 0 spiro atoms. The van der Waals surface area contributed by atoms with Gasteiger partial charge in [-0.25, -0.2) is 4.98 Å². The Balaban J connectivity index is 2.25.